The zero-order valence-corrected chi connectivity index (χ0v) is 43.2. The maximum atomic E-state index is 15.5. The largest absolute Gasteiger partial charge is 0.481 e. The van der Waals surface area contributed by atoms with Crippen LogP contribution in [0, 0.1) is 18.7 Å². The Kier molecular flexibility index (Phi) is 17.2. The van der Waals surface area contributed by atoms with Gasteiger partial charge in [0.1, 0.15) is 12.4 Å². The Labute approximate surface area is 446 Å². The molecule has 4 atom stereocenters. The smallest absolute Gasteiger partial charge is 0.343 e. The van der Waals surface area contributed by atoms with Gasteiger partial charge >= 0.3 is 11.9 Å². The SMILES string of the molecule is CC[C@@]1(O)C(=O)OCc2c1cc1n(c2=O)Cc2c-1nc1cc(F)c(C)c3c1c2[C@@H](NC(=O)CNC(=O)[C@@H](CC(=O)CNC(=O)CCC(=O)[C@H](CCC(=O)O)NC(=O)CCCCCN1C(=O)C=CC1=O)Cc1ccccc1)CC3. The summed E-state index contributed by atoms with van der Waals surface area (Å²) in [6, 6.07) is 9.82. The minimum atomic E-state index is -2.07. The number of benzene rings is 2. The summed E-state index contributed by atoms with van der Waals surface area (Å²) in [7, 11) is 0. The molecule has 0 radical (unpaired) electrons. The van der Waals surface area contributed by atoms with E-state index in [0.717, 1.165) is 10.5 Å². The van der Waals surface area contributed by atoms with Gasteiger partial charge in [0.15, 0.2) is 17.2 Å². The van der Waals surface area contributed by atoms with Crippen molar-refractivity contribution < 1.29 is 67.3 Å². The number of aliphatic hydroxyl groups is 1. The monoisotopic (exact) mass is 1070 g/mol. The molecule has 1 aliphatic carbocycles. The van der Waals surface area contributed by atoms with Gasteiger partial charge in [-0.05, 0) is 80.2 Å². The highest BCUT2D eigenvalue weighted by atomic mass is 19.1. The molecule has 3 aliphatic heterocycles. The van der Waals surface area contributed by atoms with Gasteiger partial charge in [-0.2, -0.15) is 0 Å². The van der Waals surface area contributed by atoms with Crippen molar-refractivity contribution >= 4 is 69.9 Å². The summed E-state index contributed by atoms with van der Waals surface area (Å²) >= 11 is 0. The van der Waals surface area contributed by atoms with Crippen LogP contribution in [0.2, 0.25) is 0 Å². The summed E-state index contributed by atoms with van der Waals surface area (Å²) in [6.07, 6.45) is 2.64. The highest BCUT2D eigenvalue weighted by molar-refractivity contribution is 6.12. The molecular formula is C56H60FN7O14. The van der Waals surface area contributed by atoms with E-state index >= 15 is 4.39 Å². The molecule has 2 aromatic heterocycles. The van der Waals surface area contributed by atoms with Gasteiger partial charge in [-0.3, -0.25) is 52.8 Å². The minimum absolute atomic E-state index is 0.00780. The summed E-state index contributed by atoms with van der Waals surface area (Å²) in [6.45, 7) is 2.13. The summed E-state index contributed by atoms with van der Waals surface area (Å²) in [5, 5.41) is 32.0. The van der Waals surface area contributed by atoms with E-state index in [2.05, 4.69) is 21.3 Å². The van der Waals surface area contributed by atoms with Gasteiger partial charge < -0.3 is 40.8 Å². The van der Waals surface area contributed by atoms with Crippen LogP contribution in [0.25, 0.3) is 22.3 Å². The van der Waals surface area contributed by atoms with E-state index in [1.54, 1.807) is 50.2 Å². The van der Waals surface area contributed by atoms with E-state index in [9.17, 15) is 63.0 Å². The van der Waals surface area contributed by atoms with E-state index in [1.165, 1.54) is 22.8 Å². The first-order valence-electron chi connectivity index (χ1n) is 26.1. The van der Waals surface area contributed by atoms with E-state index < -0.39 is 113 Å². The number of pyridine rings is 2. The van der Waals surface area contributed by atoms with Gasteiger partial charge in [0.2, 0.25) is 23.6 Å². The molecule has 0 saturated heterocycles. The fourth-order valence-electron chi connectivity index (χ4n) is 10.7. The second kappa shape index (κ2) is 24.0. The number of hydrogen-bond donors (Lipinski definition) is 6. The summed E-state index contributed by atoms with van der Waals surface area (Å²) < 4.78 is 22.2. The van der Waals surface area contributed by atoms with Crippen molar-refractivity contribution in [1.82, 2.24) is 35.7 Å². The van der Waals surface area contributed by atoms with Crippen molar-refractivity contribution in [3.63, 3.8) is 0 Å². The average molecular weight is 1070 g/mol. The third-order valence-electron chi connectivity index (χ3n) is 14.9. The molecule has 6 N–H and O–H groups in total. The van der Waals surface area contributed by atoms with E-state index in [0.29, 0.717) is 71.1 Å². The zero-order chi connectivity index (χ0) is 56.0. The van der Waals surface area contributed by atoms with E-state index in [4.69, 9.17) is 9.72 Å². The minimum Gasteiger partial charge on any atom is -0.481 e. The number of fused-ring (bicyclic) bond motifs is 5. The topological polar surface area (TPSA) is 307 Å². The third kappa shape index (κ3) is 12.1. The quantitative estimate of drug-likeness (QED) is 0.0278. The maximum absolute atomic E-state index is 15.5. The lowest BCUT2D eigenvalue weighted by molar-refractivity contribution is -0.172. The maximum Gasteiger partial charge on any atom is 0.343 e. The van der Waals surface area contributed by atoms with Crippen LogP contribution in [-0.4, -0.2) is 109 Å². The van der Waals surface area contributed by atoms with Crippen molar-refractivity contribution in [3.8, 4) is 11.4 Å². The van der Waals surface area contributed by atoms with E-state index in [-0.39, 0.29) is 81.3 Å². The Balaban J connectivity index is 0.876. The molecule has 78 heavy (non-hydrogen) atoms. The molecule has 4 aliphatic rings. The number of aliphatic carboxylic acids is 1. The molecule has 5 heterocycles. The Morgan fingerprint density at radius 2 is 1.62 bits per heavy atom. The van der Waals surface area contributed by atoms with Crippen molar-refractivity contribution in [3.05, 3.63) is 110 Å². The molecule has 0 unspecified atom stereocenters. The number of rotatable bonds is 25. The highest BCUT2D eigenvalue weighted by Gasteiger charge is 2.46. The number of hydrogen-bond acceptors (Lipinski definition) is 14. The number of carboxylic acid groups (broad SMARTS) is 1. The third-order valence-corrected chi connectivity index (χ3v) is 14.9. The predicted octanol–water partition coefficient (Wildman–Crippen LogP) is 2.87. The van der Waals surface area contributed by atoms with Gasteiger partial charge in [0, 0.05) is 79.3 Å². The van der Waals surface area contributed by atoms with Crippen LogP contribution in [0.3, 0.4) is 0 Å². The number of cyclic esters (lactones) is 1. The van der Waals surface area contributed by atoms with Crippen LogP contribution >= 0.6 is 0 Å². The van der Waals surface area contributed by atoms with E-state index in [1.807, 2.05) is 0 Å². The van der Waals surface area contributed by atoms with Crippen LogP contribution in [0.1, 0.15) is 123 Å². The molecule has 0 spiro atoms. The zero-order valence-electron chi connectivity index (χ0n) is 43.2. The number of nitrogens with zero attached hydrogens (tertiary/aromatic N) is 3. The fourth-order valence-corrected chi connectivity index (χ4v) is 10.7. The molecule has 6 amide bonds. The van der Waals surface area contributed by atoms with Crippen LogP contribution < -0.4 is 26.8 Å². The number of halogens is 1. The lowest BCUT2D eigenvalue weighted by atomic mass is 9.81. The number of carbonyl (C=O) groups is 10. The van der Waals surface area contributed by atoms with Crippen LogP contribution in [0.5, 0.6) is 0 Å². The molecular weight excluding hydrogens is 1010 g/mol. The number of carbonyl (C=O) groups excluding carboxylic acids is 9. The normalized spacial score (nSPS) is 17.6. The number of ether oxygens (including phenoxy) is 1. The second-order valence-corrected chi connectivity index (χ2v) is 20.1. The molecule has 0 fully saturated rings. The molecule has 4 aromatic rings. The van der Waals surface area contributed by atoms with Gasteiger partial charge in [0.05, 0.1) is 54.2 Å². The Bertz CT molecular complexity index is 3230. The Hall–Kier alpha value is -8.27. The fraction of sp³-hybridized carbons (Fsp3) is 0.429. The first kappa shape index (κ1) is 55.9. The van der Waals surface area contributed by atoms with Gasteiger partial charge in [-0.15, -0.1) is 0 Å². The lowest BCUT2D eigenvalue weighted by Gasteiger charge is -2.31. The summed E-state index contributed by atoms with van der Waals surface area (Å²) in [4.78, 5) is 148. The number of nitrogens with one attached hydrogen (secondary N) is 4. The Morgan fingerprint density at radius 3 is 2.33 bits per heavy atom. The summed E-state index contributed by atoms with van der Waals surface area (Å²) in [5.41, 5.74) is 1.62. The van der Waals surface area contributed by atoms with Crippen molar-refractivity contribution in [1.29, 1.82) is 0 Å². The number of unbranched alkanes of at least 4 members (excludes halogenated alkanes) is 2. The molecule has 22 heteroatoms. The van der Waals surface area contributed by atoms with Crippen LogP contribution in [-0.2, 0) is 84.3 Å². The predicted molar refractivity (Wildman–Crippen MR) is 275 cm³/mol. The molecule has 2 aromatic carbocycles. The van der Waals surface area contributed by atoms with Gasteiger partial charge in [-0.1, -0.05) is 43.7 Å². The summed E-state index contributed by atoms with van der Waals surface area (Å²) in [5.74, 6) is -7.89. The highest BCUT2D eigenvalue weighted by Crippen LogP contribution is 2.46. The number of aryl methyl sites for hydroxylation is 1. The average Bonchev–Trinajstić information content (AvgIpc) is 4.18. The standard InChI is InChI=1S/C56H60FN7O14/c1-3-56(77)37-24-42-52-35(28-64(42)54(75)36(37)29-78-55(56)76)51-40(14-13-34-30(2)38(57)25-41(62-52)50(34)51)61-46(69)27-59-53(74)32(22-31-10-6-4-7-11-31)23-33(65)26-58-44(67)17-16-43(66)39(15-20-49(72)73)60-45(68)12-8-5-9-21-63-47(70)18-19-48(63)71/h4,6-7,10-11,18-19,24-25,32,39-40,77H,3,5,8-9,12-17,20-23,26-29H2,1-2H3,(H,58,67)(H,59,74)(H,60,68)(H,61,69)(H,72,73)/t32-,39+,40+,56+/m1/s1. The first-order chi connectivity index (χ1) is 37.3. The number of carboxylic acids is 1. The number of ketones is 2. The van der Waals surface area contributed by atoms with Crippen LogP contribution in [0.15, 0.2) is 59.4 Å². The number of amides is 6. The number of imide groups is 1. The van der Waals surface area contributed by atoms with Crippen LogP contribution in [0.4, 0.5) is 4.39 Å². The molecule has 410 valence electrons. The van der Waals surface area contributed by atoms with Gasteiger partial charge in [-0.25, -0.2) is 14.2 Å². The number of aromatic nitrogens is 2. The van der Waals surface area contributed by atoms with Gasteiger partial charge in [0.25, 0.3) is 17.4 Å². The molecule has 0 saturated carbocycles. The number of esters is 1. The van der Waals surface area contributed by atoms with Crippen molar-refractivity contribution in [2.45, 2.75) is 128 Å². The second-order valence-electron chi connectivity index (χ2n) is 20.1. The lowest BCUT2D eigenvalue weighted by Crippen LogP contribution is -2.44. The molecule has 8 rings (SSSR count). The first-order valence-corrected chi connectivity index (χ1v) is 26.1. The molecule has 21 nitrogen and oxygen atoms in total. The van der Waals surface area contributed by atoms with Crippen molar-refractivity contribution in [2.75, 3.05) is 19.6 Å². The van der Waals surface area contributed by atoms with Crippen molar-refractivity contribution in [2.24, 2.45) is 5.92 Å². The molecule has 0 bridgehead atoms. The number of Topliss-reactive ketones (excluding diaryl/α,β-unsaturated/α-hetero) is 2. The Morgan fingerprint density at radius 1 is 0.872 bits per heavy atom.